The van der Waals surface area contributed by atoms with Crippen LogP contribution in [0.5, 0.6) is 0 Å². The highest BCUT2D eigenvalue weighted by Gasteiger charge is 2.25. The van der Waals surface area contributed by atoms with Crippen LogP contribution in [-0.4, -0.2) is 37.0 Å². The highest BCUT2D eigenvalue weighted by Crippen LogP contribution is 2.21. The lowest BCUT2D eigenvalue weighted by molar-refractivity contribution is 0.0742. The van der Waals surface area contributed by atoms with Crippen molar-refractivity contribution in [2.24, 2.45) is 0 Å². The average molecular weight is 369 g/mol. The number of para-hydroxylation sites is 1. The third kappa shape index (κ3) is 3.18. The summed E-state index contributed by atoms with van der Waals surface area (Å²) in [6.45, 7) is 2.45. The van der Waals surface area contributed by atoms with E-state index in [9.17, 15) is 9.59 Å². The molecule has 1 aromatic heterocycles. The molecular weight excluding hydrogens is 352 g/mol. The largest absolute Gasteiger partial charge is 0.422 e. The number of fused-ring (bicyclic) bond motifs is 1. The van der Waals surface area contributed by atoms with Crippen LogP contribution in [0.15, 0.2) is 63.8 Å². The Labute approximate surface area is 155 Å². The number of carbonyl (C=O) groups excluding carboxylic acids is 1. The maximum absolute atomic E-state index is 12.8. The van der Waals surface area contributed by atoms with Gasteiger partial charge in [0.15, 0.2) is 0 Å². The number of amides is 1. The van der Waals surface area contributed by atoms with Gasteiger partial charge in [-0.25, -0.2) is 4.79 Å². The SMILES string of the molecule is O=C(c1cc2ccccc2oc1=O)N1CCN(c2cccc(Cl)c2)CC1. The minimum atomic E-state index is -0.592. The predicted octanol–water partition coefficient (Wildman–Crippen LogP) is 3.41. The molecule has 132 valence electrons. The highest BCUT2D eigenvalue weighted by atomic mass is 35.5. The van der Waals surface area contributed by atoms with Gasteiger partial charge in [0.2, 0.25) is 0 Å². The van der Waals surface area contributed by atoms with E-state index in [-0.39, 0.29) is 11.5 Å². The van der Waals surface area contributed by atoms with Gasteiger partial charge in [0.25, 0.3) is 5.91 Å². The first kappa shape index (κ1) is 16.7. The number of nitrogens with zero attached hydrogens (tertiary/aromatic N) is 2. The molecule has 3 aromatic rings. The molecule has 1 amide bonds. The van der Waals surface area contributed by atoms with Crippen molar-refractivity contribution in [3.05, 3.63) is 75.6 Å². The van der Waals surface area contributed by atoms with E-state index in [1.807, 2.05) is 36.4 Å². The molecule has 1 fully saturated rings. The van der Waals surface area contributed by atoms with E-state index < -0.39 is 5.63 Å². The number of hydrogen-bond acceptors (Lipinski definition) is 4. The van der Waals surface area contributed by atoms with Crippen LogP contribution in [0.1, 0.15) is 10.4 Å². The van der Waals surface area contributed by atoms with Crippen LogP contribution in [0, 0.1) is 0 Å². The molecule has 4 rings (SSSR count). The summed E-state index contributed by atoms with van der Waals surface area (Å²) in [5.74, 6) is -0.282. The topological polar surface area (TPSA) is 53.8 Å². The molecule has 2 heterocycles. The number of hydrogen-bond donors (Lipinski definition) is 0. The van der Waals surface area contributed by atoms with Crippen molar-refractivity contribution in [1.82, 2.24) is 4.90 Å². The van der Waals surface area contributed by atoms with E-state index in [0.29, 0.717) is 36.8 Å². The molecule has 1 aliphatic rings. The third-order valence-electron chi connectivity index (χ3n) is 4.61. The lowest BCUT2D eigenvalue weighted by atomic mass is 10.1. The first-order valence-electron chi connectivity index (χ1n) is 8.44. The summed E-state index contributed by atoms with van der Waals surface area (Å²) >= 11 is 6.05. The van der Waals surface area contributed by atoms with E-state index in [0.717, 1.165) is 11.1 Å². The van der Waals surface area contributed by atoms with Crippen molar-refractivity contribution >= 4 is 34.2 Å². The van der Waals surface area contributed by atoms with Crippen LogP contribution in [0.4, 0.5) is 5.69 Å². The summed E-state index contributed by atoms with van der Waals surface area (Å²) in [7, 11) is 0. The molecule has 0 bridgehead atoms. The van der Waals surface area contributed by atoms with Crippen LogP contribution in [0.2, 0.25) is 5.02 Å². The Balaban J connectivity index is 1.52. The van der Waals surface area contributed by atoms with Gasteiger partial charge >= 0.3 is 5.63 Å². The lowest BCUT2D eigenvalue weighted by Crippen LogP contribution is -2.49. The van der Waals surface area contributed by atoms with Crippen LogP contribution in [-0.2, 0) is 0 Å². The smallest absolute Gasteiger partial charge is 0.349 e. The molecule has 0 spiro atoms. The highest BCUT2D eigenvalue weighted by molar-refractivity contribution is 6.30. The minimum absolute atomic E-state index is 0.0832. The van der Waals surface area contributed by atoms with Crippen molar-refractivity contribution in [2.45, 2.75) is 0 Å². The van der Waals surface area contributed by atoms with Crippen LogP contribution in [0.3, 0.4) is 0 Å². The Kier molecular flexibility index (Phi) is 4.39. The number of rotatable bonds is 2. The molecular formula is C20H17ClN2O3. The second kappa shape index (κ2) is 6.84. The Morgan fingerprint density at radius 2 is 1.73 bits per heavy atom. The Morgan fingerprint density at radius 3 is 2.50 bits per heavy atom. The van der Waals surface area contributed by atoms with E-state index in [1.165, 1.54) is 0 Å². The van der Waals surface area contributed by atoms with Crippen molar-refractivity contribution < 1.29 is 9.21 Å². The number of piperazine rings is 1. The Morgan fingerprint density at radius 1 is 0.962 bits per heavy atom. The fourth-order valence-corrected chi connectivity index (χ4v) is 3.41. The van der Waals surface area contributed by atoms with E-state index >= 15 is 0 Å². The maximum Gasteiger partial charge on any atom is 0.349 e. The monoisotopic (exact) mass is 368 g/mol. The molecule has 2 aromatic carbocycles. The zero-order valence-corrected chi connectivity index (χ0v) is 14.8. The van der Waals surface area contributed by atoms with Gasteiger partial charge < -0.3 is 14.2 Å². The normalized spacial score (nSPS) is 14.7. The van der Waals surface area contributed by atoms with E-state index in [1.54, 1.807) is 23.1 Å². The number of benzene rings is 2. The second-order valence-corrected chi connectivity index (χ2v) is 6.68. The van der Waals surface area contributed by atoms with Crippen LogP contribution in [0.25, 0.3) is 11.0 Å². The number of carbonyl (C=O) groups is 1. The Hall–Kier alpha value is -2.79. The van der Waals surface area contributed by atoms with Gasteiger partial charge in [-0.05, 0) is 30.3 Å². The quantitative estimate of drug-likeness (QED) is 0.650. The van der Waals surface area contributed by atoms with Gasteiger partial charge in [-0.2, -0.15) is 0 Å². The second-order valence-electron chi connectivity index (χ2n) is 6.24. The van der Waals surface area contributed by atoms with Gasteiger partial charge in [0.1, 0.15) is 11.1 Å². The molecule has 1 aliphatic heterocycles. The zero-order valence-electron chi connectivity index (χ0n) is 14.0. The van der Waals surface area contributed by atoms with E-state index in [4.69, 9.17) is 16.0 Å². The average Bonchev–Trinajstić information content (AvgIpc) is 2.67. The molecule has 0 N–H and O–H groups in total. The van der Waals surface area contributed by atoms with Crippen molar-refractivity contribution in [2.75, 3.05) is 31.1 Å². The fourth-order valence-electron chi connectivity index (χ4n) is 3.22. The van der Waals surface area contributed by atoms with Gasteiger partial charge in [-0.3, -0.25) is 4.79 Å². The number of anilines is 1. The zero-order chi connectivity index (χ0) is 18.1. The molecule has 5 nitrogen and oxygen atoms in total. The van der Waals surface area contributed by atoms with Crippen LogP contribution < -0.4 is 10.5 Å². The summed E-state index contributed by atoms with van der Waals surface area (Å²) in [4.78, 5) is 28.9. The standard InChI is InChI=1S/C20H17ClN2O3/c21-15-5-3-6-16(13-15)22-8-10-23(11-9-22)19(24)17-12-14-4-1-2-7-18(14)26-20(17)25/h1-7,12-13H,8-11H2. The summed E-state index contributed by atoms with van der Waals surface area (Å²) in [6.07, 6.45) is 0. The molecule has 0 aliphatic carbocycles. The molecule has 6 heteroatoms. The summed E-state index contributed by atoms with van der Waals surface area (Å²) in [6, 6.07) is 16.5. The molecule has 0 radical (unpaired) electrons. The summed E-state index contributed by atoms with van der Waals surface area (Å²) in [5.41, 5.74) is 1.01. The lowest BCUT2D eigenvalue weighted by Gasteiger charge is -2.36. The Bertz CT molecular complexity index is 1020. The van der Waals surface area contributed by atoms with Gasteiger partial charge in [0.05, 0.1) is 0 Å². The fraction of sp³-hybridized carbons (Fsp3) is 0.200. The molecule has 0 saturated carbocycles. The minimum Gasteiger partial charge on any atom is -0.422 e. The molecule has 1 saturated heterocycles. The van der Waals surface area contributed by atoms with Crippen molar-refractivity contribution in [1.29, 1.82) is 0 Å². The molecule has 0 unspecified atom stereocenters. The van der Waals surface area contributed by atoms with Gasteiger partial charge in [-0.1, -0.05) is 35.9 Å². The van der Waals surface area contributed by atoms with Crippen molar-refractivity contribution in [3.8, 4) is 0 Å². The van der Waals surface area contributed by atoms with Crippen LogP contribution >= 0.6 is 11.6 Å². The third-order valence-corrected chi connectivity index (χ3v) is 4.85. The van der Waals surface area contributed by atoms with Gasteiger partial charge in [0, 0.05) is 42.3 Å². The molecule has 26 heavy (non-hydrogen) atoms. The predicted molar refractivity (Wildman–Crippen MR) is 102 cm³/mol. The maximum atomic E-state index is 12.8. The first-order chi connectivity index (χ1) is 12.6. The van der Waals surface area contributed by atoms with Gasteiger partial charge in [-0.15, -0.1) is 0 Å². The first-order valence-corrected chi connectivity index (χ1v) is 8.82. The molecule has 0 atom stereocenters. The number of halogens is 1. The summed E-state index contributed by atoms with van der Waals surface area (Å²) in [5, 5.41) is 1.43. The van der Waals surface area contributed by atoms with Crippen molar-refractivity contribution in [3.63, 3.8) is 0 Å². The summed E-state index contributed by atoms with van der Waals surface area (Å²) < 4.78 is 5.28. The van der Waals surface area contributed by atoms with E-state index in [2.05, 4.69) is 4.90 Å².